The Labute approximate surface area is 226 Å². The molecule has 3 aromatic carbocycles. The monoisotopic (exact) mass is 525 g/mol. The summed E-state index contributed by atoms with van der Waals surface area (Å²) in [4.78, 5) is 21.0. The molecule has 0 radical (unpaired) electrons. The van der Waals surface area contributed by atoms with Crippen molar-refractivity contribution < 1.29 is 23.4 Å². The average molecular weight is 526 g/mol. The smallest absolute Gasteiger partial charge is 0.261 e. The highest BCUT2D eigenvalue weighted by Crippen LogP contribution is 2.40. The summed E-state index contributed by atoms with van der Waals surface area (Å²) in [5.74, 6) is 1.37. The van der Waals surface area contributed by atoms with Gasteiger partial charge in [0, 0.05) is 35.8 Å². The molecule has 39 heavy (non-hydrogen) atoms. The summed E-state index contributed by atoms with van der Waals surface area (Å²) >= 11 is 0. The predicted octanol–water partition coefficient (Wildman–Crippen LogP) is 5.64. The van der Waals surface area contributed by atoms with Gasteiger partial charge in [0.15, 0.2) is 11.5 Å². The molecular weight excluding hydrogens is 494 g/mol. The number of nitrogens with one attached hydrogen (secondary N) is 1. The van der Waals surface area contributed by atoms with E-state index in [0.717, 1.165) is 49.7 Å². The molecule has 0 spiro atoms. The maximum atomic E-state index is 13.7. The lowest BCUT2D eigenvalue weighted by Crippen LogP contribution is -2.34. The first kappa shape index (κ1) is 24.9. The Balaban J connectivity index is 1.55. The summed E-state index contributed by atoms with van der Waals surface area (Å²) in [6.45, 7) is 2.13. The number of para-hydroxylation sites is 2. The average Bonchev–Trinajstić information content (AvgIpc) is 2.97. The lowest BCUT2D eigenvalue weighted by atomic mass is 9.90. The molecule has 8 heteroatoms. The molecule has 4 aromatic rings. The molecule has 1 amide bonds. The van der Waals surface area contributed by atoms with Crippen LogP contribution in [0.4, 0.5) is 17.1 Å². The fraction of sp³-hybridized carbons (Fsp3) is 0.290. The molecule has 0 fully saturated rings. The summed E-state index contributed by atoms with van der Waals surface area (Å²) in [6, 6.07) is 16.7. The van der Waals surface area contributed by atoms with E-state index < -0.39 is 0 Å². The highest BCUT2D eigenvalue weighted by Gasteiger charge is 2.27. The minimum Gasteiger partial charge on any atom is -0.495 e. The fourth-order valence-electron chi connectivity index (χ4n) is 5.65. The Morgan fingerprint density at radius 3 is 2.46 bits per heavy atom. The first-order chi connectivity index (χ1) is 19.1. The molecule has 0 atom stereocenters. The van der Waals surface area contributed by atoms with Crippen molar-refractivity contribution in [1.29, 1.82) is 0 Å². The van der Waals surface area contributed by atoms with Crippen LogP contribution < -0.4 is 30.0 Å². The number of ether oxygens (including phenoxy) is 3. The van der Waals surface area contributed by atoms with Crippen LogP contribution in [0.3, 0.4) is 0 Å². The van der Waals surface area contributed by atoms with Gasteiger partial charge < -0.3 is 28.8 Å². The number of hydrogen-bond acceptors (Lipinski definition) is 7. The van der Waals surface area contributed by atoms with Gasteiger partial charge in [-0.3, -0.25) is 4.79 Å². The first-order valence-electron chi connectivity index (χ1n) is 13.2. The molecule has 200 valence electrons. The highest BCUT2D eigenvalue weighted by molar-refractivity contribution is 6.06. The van der Waals surface area contributed by atoms with Crippen molar-refractivity contribution in [3.05, 3.63) is 76.8 Å². The number of amides is 1. The molecule has 0 bridgehead atoms. The van der Waals surface area contributed by atoms with E-state index in [0.29, 0.717) is 34.2 Å². The number of fused-ring (bicyclic) bond motifs is 2. The zero-order valence-corrected chi connectivity index (χ0v) is 22.4. The summed E-state index contributed by atoms with van der Waals surface area (Å²) in [5.41, 5.74) is 6.31. The Kier molecular flexibility index (Phi) is 6.60. The van der Waals surface area contributed by atoms with Gasteiger partial charge in [-0.15, -0.1) is 0 Å². The van der Waals surface area contributed by atoms with E-state index in [4.69, 9.17) is 23.6 Å². The molecule has 1 N–H and O–H groups in total. The van der Waals surface area contributed by atoms with Gasteiger partial charge in [-0.1, -0.05) is 12.1 Å². The Morgan fingerprint density at radius 1 is 0.897 bits per heavy atom. The Morgan fingerprint density at radius 2 is 1.67 bits per heavy atom. The van der Waals surface area contributed by atoms with Gasteiger partial charge in [0.1, 0.15) is 16.9 Å². The number of benzene rings is 3. The van der Waals surface area contributed by atoms with Gasteiger partial charge in [0.2, 0.25) is 5.55 Å². The van der Waals surface area contributed by atoms with Crippen LogP contribution >= 0.6 is 0 Å². The summed E-state index contributed by atoms with van der Waals surface area (Å²) in [7, 11) is 4.74. The molecule has 3 heterocycles. The van der Waals surface area contributed by atoms with E-state index in [1.165, 1.54) is 16.8 Å². The van der Waals surface area contributed by atoms with Crippen molar-refractivity contribution >= 4 is 33.9 Å². The van der Waals surface area contributed by atoms with Crippen LogP contribution in [0.25, 0.3) is 11.0 Å². The number of carbonyl (C=O) groups excluding carboxylic acids is 1. The van der Waals surface area contributed by atoms with Crippen LogP contribution in [0.5, 0.6) is 17.2 Å². The quantitative estimate of drug-likeness (QED) is 0.351. The normalized spacial score (nSPS) is 14.6. The van der Waals surface area contributed by atoms with Crippen molar-refractivity contribution in [3.8, 4) is 17.2 Å². The lowest BCUT2D eigenvalue weighted by molar-refractivity contribution is 0.102. The minimum atomic E-state index is -0.336. The molecule has 0 saturated heterocycles. The Hall–Kier alpha value is -4.46. The lowest BCUT2D eigenvalue weighted by Gasteiger charge is -2.37. The van der Waals surface area contributed by atoms with Crippen LogP contribution in [-0.2, 0) is 12.8 Å². The van der Waals surface area contributed by atoms with Crippen LogP contribution in [0.1, 0.15) is 34.3 Å². The molecule has 0 saturated carbocycles. The molecule has 6 rings (SSSR count). The standard InChI is InChI=1S/C31H31N3O5/c1-36-25-11-5-4-10-24(25)33-30(35)23-17-20-16-19-8-6-14-34-15-7-9-22(28(19)34)29(20)39-31(23)32-21-12-13-26(37-2)27(18-21)38-3/h4-5,10-13,16-18H,6-9,14-15H2,1-3H3,(H,33,35). The third kappa shape index (κ3) is 4.56. The van der Waals surface area contributed by atoms with Gasteiger partial charge >= 0.3 is 0 Å². The number of rotatable bonds is 6. The number of anilines is 2. The number of aryl methyl sites for hydroxylation is 2. The Bertz CT molecular complexity index is 1640. The van der Waals surface area contributed by atoms with Gasteiger partial charge in [0.05, 0.1) is 32.7 Å². The highest BCUT2D eigenvalue weighted by atomic mass is 16.5. The van der Waals surface area contributed by atoms with Crippen molar-refractivity contribution in [2.24, 2.45) is 4.99 Å². The second kappa shape index (κ2) is 10.4. The zero-order chi connectivity index (χ0) is 26.9. The molecule has 0 unspecified atom stereocenters. The van der Waals surface area contributed by atoms with Crippen molar-refractivity contribution in [2.75, 3.05) is 44.6 Å². The fourth-order valence-corrected chi connectivity index (χ4v) is 5.65. The van der Waals surface area contributed by atoms with Crippen molar-refractivity contribution in [3.63, 3.8) is 0 Å². The zero-order valence-electron chi connectivity index (χ0n) is 22.4. The van der Waals surface area contributed by atoms with Crippen LogP contribution in [0, 0.1) is 0 Å². The van der Waals surface area contributed by atoms with Crippen molar-refractivity contribution in [2.45, 2.75) is 25.7 Å². The molecule has 1 aromatic heterocycles. The topological polar surface area (TPSA) is 85.5 Å². The third-order valence-electron chi connectivity index (χ3n) is 7.43. The largest absolute Gasteiger partial charge is 0.495 e. The van der Waals surface area contributed by atoms with Crippen LogP contribution in [0.15, 0.2) is 64.0 Å². The van der Waals surface area contributed by atoms with E-state index in [1.54, 1.807) is 45.6 Å². The number of nitrogens with zero attached hydrogens (tertiary/aromatic N) is 2. The van der Waals surface area contributed by atoms with Crippen molar-refractivity contribution in [1.82, 2.24) is 0 Å². The van der Waals surface area contributed by atoms with Crippen LogP contribution in [-0.4, -0.2) is 40.3 Å². The van der Waals surface area contributed by atoms with E-state index in [9.17, 15) is 4.79 Å². The van der Waals surface area contributed by atoms with E-state index >= 15 is 0 Å². The van der Waals surface area contributed by atoms with E-state index in [-0.39, 0.29) is 11.5 Å². The molecule has 8 nitrogen and oxygen atoms in total. The molecule has 2 aliphatic heterocycles. The van der Waals surface area contributed by atoms with Gasteiger partial charge in [-0.25, -0.2) is 4.99 Å². The van der Waals surface area contributed by atoms with E-state index in [1.807, 2.05) is 24.3 Å². The summed E-state index contributed by atoms with van der Waals surface area (Å²) in [6.07, 6.45) is 4.15. The maximum absolute atomic E-state index is 13.7. The third-order valence-corrected chi connectivity index (χ3v) is 7.43. The number of methoxy groups -OCH3 is 3. The first-order valence-corrected chi connectivity index (χ1v) is 13.2. The van der Waals surface area contributed by atoms with Gasteiger partial charge in [-0.05, 0) is 67.6 Å². The molecular formula is C31H31N3O5. The maximum Gasteiger partial charge on any atom is 0.261 e. The molecule has 2 aliphatic rings. The minimum absolute atomic E-state index is 0.228. The van der Waals surface area contributed by atoms with E-state index in [2.05, 4.69) is 16.3 Å². The second-order valence-electron chi connectivity index (χ2n) is 9.75. The van der Waals surface area contributed by atoms with Gasteiger partial charge in [0.25, 0.3) is 5.91 Å². The number of carbonyl (C=O) groups is 1. The number of hydrogen-bond donors (Lipinski definition) is 1. The summed E-state index contributed by atoms with van der Waals surface area (Å²) < 4.78 is 22.8. The van der Waals surface area contributed by atoms with Crippen LogP contribution in [0.2, 0.25) is 0 Å². The SMILES string of the molecule is COc1ccccc1NC(=O)c1cc2cc3c4c(c2oc1=Nc1ccc(OC)c(OC)c1)CCCN4CCC3. The predicted molar refractivity (Wildman–Crippen MR) is 151 cm³/mol. The van der Waals surface area contributed by atoms with Gasteiger partial charge in [-0.2, -0.15) is 0 Å². The second-order valence-corrected chi connectivity index (χ2v) is 9.75. The molecule has 0 aliphatic carbocycles. The summed E-state index contributed by atoms with van der Waals surface area (Å²) in [5, 5.41) is 3.89.